The van der Waals surface area contributed by atoms with E-state index < -0.39 is 0 Å². The minimum atomic E-state index is 0. The van der Waals surface area contributed by atoms with Crippen molar-refractivity contribution in [1.29, 1.82) is 0 Å². The zero-order valence-corrected chi connectivity index (χ0v) is 6.82. The van der Waals surface area contributed by atoms with Gasteiger partial charge in [-0.05, 0) is 5.92 Å². The Morgan fingerprint density at radius 2 is 1.80 bits per heavy atom. The third-order valence-electron chi connectivity index (χ3n) is 1.79. The van der Waals surface area contributed by atoms with Gasteiger partial charge in [0.15, 0.2) is 0 Å². The summed E-state index contributed by atoms with van der Waals surface area (Å²) >= 11 is 0. The topological polar surface area (TPSA) is 0 Å². The Morgan fingerprint density at radius 1 is 1.20 bits per heavy atom. The molecule has 10 heavy (non-hydrogen) atoms. The van der Waals surface area contributed by atoms with E-state index in [1.54, 1.807) is 0 Å². The fourth-order valence-electron chi connectivity index (χ4n) is 0.887. The van der Waals surface area contributed by atoms with Crippen LogP contribution in [0.1, 0.15) is 46.0 Å². The molecule has 0 amide bonds. The van der Waals surface area contributed by atoms with Crippen LogP contribution in [0.25, 0.3) is 0 Å². The molecule has 0 heterocycles. The third kappa shape index (κ3) is 9.00. The second-order valence-corrected chi connectivity index (χ2v) is 2.77. The van der Waals surface area contributed by atoms with Crippen LogP contribution >= 0.6 is 0 Å². The second kappa shape index (κ2) is 10.0. The first-order valence-electron chi connectivity index (χ1n) is 4.14. The summed E-state index contributed by atoms with van der Waals surface area (Å²) in [4.78, 5) is 0. The molecule has 0 nitrogen and oxygen atoms in total. The average molecular weight is 151 g/mol. The van der Waals surface area contributed by atoms with Gasteiger partial charge in [0, 0.05) is 0 Å². The van der Waals surface area contributed by atoms with E-state index in [9.17, 15) is 0 Å². The monoisotopic (exact) mass is 151 g/mol. The standard InChI is InChI=1S/C9H19.Na.H/c1-4-6-7-8-9(3)5-2;;/h9H,3-8H2,1-2H3;;. The normalized spacial score (nSPS) is 12.3. The molecule has 0 aliphatic heterocycles. The fraction of sp³-hybridized carbons (Fsp3) is 0.889. The Kier molecular flexibility index (Phi) is 13.6. The van der Waals surface area contributed by atoms with E-state index in [0.29, 0.717) is 5.92 Å². The maximum absolute atomic E-state index is 4.03. The van der Waals surface area contributed by atoms with Crippen molar-refractivity contribution in [2.24, 2.45) is 5.92 Å². The Labute approximate surface area is 88.1 Å². The first-order valence-corrected chi connectivity index (χ1v) is 4.14. The number of rotatable bonds is 5. The van der Waals surface area contributed by atoms with Gasteiger partial charge in [-0.2, -0.15) is 0 Å². The summed E-state index contributed by atoms with van der Waals surface area (Å²) in [5.74, 6) is 0.705. The van der Waals surface area contributed by atoms with Gasteiger partial charge in [0.25, 0.3) is 0 Å². The van der Waals surface area contributed by atoms with Gasteiger partial charge in [-0.25, -0.2) is 0 Å². The molecule has 0 bridgehead atoms. The molecule has 0 spiro atoms. The summed E-state index contributed by atoms with van der Waals surface area (Å²) in [6.07, 6.45) is 6.65. The van der Waals surface area contributed by atoms with Gasteiger partial charge in [0.05, 0.1) is 0 Å². The molecule has 0 fully saturated rings. The summed E-state index contributed by atoms with van der Waals surface area (Å²) in [7, 11) is 0. The van der Waals surface area contributed by atoms with Crippen molar-refractivity contribution >= 4 is 29.6 Å². The van der Waals surface area contributed by atoms with Gasteiger partial charge >= 0.3 is 29.6 Å². The van der Waals surface area contributed by atoms with Gasteiger partial charge in [-0.1, -0.05) is 52.9 Å². The molecule has 1 radical (unpaired) electrons. The van der Waals surface area contributed by atoms with E-state index in [-0.39, 0.29) is 29.6 Å². The van der Waals surface area contributed by atoms with E-state index in [4.69, 9.17) is 0 Å². The molecule has 1 heteroatoms. The molecule has 57 valence electrons. The molecule has 0 aromatic carbocycles. The second-order valence-electron chi connectivity index (χ2n) is 2.77. The van der Waals surface area contributed by atoms with Crippen molar-refractivity contribution in [3.05, 3.63) is 6.92 Å². The van der Waals surface area contributed by atoms with E-state index >= 15 is 0 Å². The molecule has 0 aliphatic rings. The predicted molar refractivity (Wildman–Crippen MR) is 50.4 cm³/mol. The minimum absolute atomic E-state index is 0. The van der Waals surface area contributed by atoms with Crippen LogP contribution in [0, 0.1) is 12.8 Å². The molecule has 0 rings (SSSR count). The van der Waals surface area contributed by atoms with Gasteiger partial charge in [-0.3, -0.25) is 0 Å². The zero-order chi connectivity index (χ0) is 7.11. The predicted octanol–water partition coefficient (Wildman–Crippen LogP) is 2.78. The van der Waals surface area contributed by atoms with E-state index in [0.717, 1.165) is 0 Å². The molecule has 1 unspecified atom stereocenters. The van der Waals surface area contributed by atoms with Crippen LogP contribution in [0.15, 0.2) is 0 Å². The van der Waals surface area contributed by atoms with Crippen molar-refractivity contribution in [3.8, 4) is 0 Å². The SMILES string of the molecule is [CH2]C(CC)CCCCC.[NaH]. The van der Waals surface area contributed by atoms with E-state index in [2.05, 4.69) is 20.8 Å². The quantitative estimate of drug-likeness (QED) is 0.418. The van der Waals surface area contributed by atoms with Crippen LogP contribution in [0.3, 0.4) is 0 Å². The molecular formula is C9H20Na. The zero-order valence-electron chi connectivity index (χ0n) is 6.82. The van der Waals surface area contributed by atoms with Gasteiger partial charge in [0.2, 0.25) is 0 Å². The maximum atomic E-state index is 4.03. The molecule has 0 aliphatic carbocycles. The van der Waals surface area contributed by atoms with E-state index in [1.165, 1.54) is 32.1 Å². The Balaban J connectivity index is 0. The fourth-order valence-corrected chi connectivity index (χ4v) is 0.887. The van der Waals surface area contributed by atoms with Gasteiger partial charge < -0.3 is 0 Å². The summed E-state index contributed by atoms with van der Waals surface area (Å²) in [6, 6.07) is 0. The van der Waals surface area contributed by atoms with Gasteiger partial charge in [0.1, 0.15) is 0 Å². The molecule has 0 saturated heterocycles. The van der Waals surface area contributed by atoms with Crippen molar-refractivity contribution in [3.63, 3.8) is 0 Å². The first-order chi connectivity index (χ1) is 4.31. The Hall–Kier alpha value is 1.00. The summed E-state index contributed by atoms with van der Waals surface area (Å²) in [5, 5.41) is 0. The van der Waals surface area contributed by atoms with Crippen LogP contribution in [-0.4, -0.2) is 29.6 Å². The van der Waals surface area contributed by atoms with Crippen LogP contribution < -0.4 is 0 Å². The first kappa shape index (κ1) is 13.6. The molecule has 0 aromatic heterocycles. The van der Waals surface area contributed by atoms with Crippen molar-refractivity contribution in [2.45, 2.75) is 46.0 Å². The molecular weight excluding hydrogens is 131 g/mol. The average Bonchev–Trinajstić information content (AvgIpc) is 1.89. The van der Waals surface area contributed by atoms with Crippen LogP contribution in [0.4, 0.5) is 0 Å². The summed E-state index contributed by atoms with van der Waals surface area (Å²) in [6.45, 7) is 8.48. The summed E-state index contributed by atoms with van der Waals surface area (Å²) in [5.41, 5.74) is 0. The third-order valence-corrected chi connectivity index (χ3v) is 1.79. The number of hydrogen-bond acceptors (Lipinski definition) is 0. The summed E-state index contributed by atoms with van der Waals surface area (Å²) < 4.78 is 0. The Morgan fingerprint density at radius 3 is 2.20 bits per heavy atom. The number of hydrogen-bond donors (Lipinski definition) is 0. The van der Waals surface area contributed by atoms with Crippen LogP contribution in [-0.2, 0) is 0 Å². The van der Waals surface area contributed by atoms with Crippen LogP contribution in [0.5, 0.6) is 0 Å². The molecule has 0 aromatic rings. The van der Waals surface area contributed by atoms with Crippen molar-refractivity contribution < 1.29 is 0 Å². The molecule has 1 atom stereocenters. The Bertz CT molecular complexity index is 52.7. The van der Waals surface area contributed by atoms with Crippen LogP contribution in [0.2, 0.25) is 0 Å². The van der Waals surface area contributed by atoms with Gasteiger partial charge in [-0.15, -0.1) is 0 Å². The number of unbranched alkanes of at least 4 members (excludes halogenated alkanes) is 2. The van der Waals surface area contributed by atoms with E-state index in [1.807, 2.05) is 0 Å². The molecule has 0 saturated carbocycles. The van der Waals surface area contributed by atoms with Crippen molar-refractivity contribution in [2.75, 3.05) is 0 Å². The molecule has 0 N–H and O–H groups in total. The van der Waals surface area contributed by atoms with Crippen molar-refractivity contribution in [1.82, 2.24) is 0 Å².